The number of hydrogen-bond acceptors (Lipinski definition) is 7. The molecule has 0 saturated heterocycles. The van der Waals surface area contributed by atoms with Gasteiger partial charge in [-0.25, -0.2) is 9.21 Å². The molecule has 10 nitrogen and oxygen atoms in total. The van der Waals surface area contributed by atoms with Crippen LogP contribution >= 0.6 is 11.8 Å². The summed E-state index contributed by atoms with van der Waals surface area (Å²) in [7, 11) is 1.47. The van der Waals surface area contributed by atoms with Crippen molar-refractivity contribution >= 4 is 34.8 Å². The molecule has 2 heterocycles. The van der Waals surface area contributed by atoms with E-state index in [2.05, 4.69) is 0 Å². The maximum Gasteiger partial charge on any atom is 0.332 e. The SMILES string of the molecule is CC(C)=CCN1CN(Cl)c2c1c(=O)n(CC(=O)c1cccc([N+](=O)[O-])c1)c(=O)n2C. The van der Waals surface area contributed by atoms with Gasteiger partial charge in [0, 0.05) is 43.1 Å². The fraction of sp³-hybridized carbons (Fsp3) is 0.316. The van der Waals surface area contributed by atoms with Crippen molar-refractivity contribution in [1.29, 1.82) is 0 Å². The monoisotopic (exact) mass is 433 g/mol. The van der Waals surface area contributed by atoms with Crippen molar-refractivity contribution in [3.63, 3.8) is 0 Å². The highest BCUT2D eigenvalue weighted by molar-refractivity contribution is 6.27. The number of nitrogens with zero attached hydrogens (tertiary/aromatic N) is 5. The highest BCUT2D eigenvalue weighted by Crippen LogP contribution is 2.32. The summed E-state index contributed by atoms with van der Waals surface area (Å²) in [6.07, 6.45) is 1.92. The summed E-state index contributed by atoms with van der Waals surface area (Å²) < 4.78 is 3.32. The highest BCUT2D eigenvalue weighted by atomic mass is 35.5. The lowest BCUT2D eigenvalue weighted by molar-refractivity contribution is -0.384. The number of Topliss-reactive ketones (excluding diaryl/α,β-unsaturated/α-hetero) is 1. The Morgan fingerprint density at radius 1 is 1.30 bits per heavy atom. The molecule has 0 aliphatic carbocycles. The van der Waals surface area contributed by atoms with E-state index in [4.69, 9.17) is 11.8 Å². The number of benzene rings is 1. The van der Waals surface area contributed by atoms with Crippen molar-refractivity contribution in [3.05, 3.63) is 72.4 Å². The second-order valence-electron chi connectivity index (χ2n) is 7.14. The molecule has 0 bridgehead atoms. The Bertz CT molecular complexity index is 1180. The van der Waals surface area contributed by atoms with Crippen LogP contribution in [0.3, 0.4) is 0 Å². The van der Waals surface area contributed by atoms with Crippen molar-refractivity contribution < 1.29 is 9.72 Å². The molecule has 0 unspecified atom stereocenters. The van der Waals surface area contributed by atoms with E-state index in [9.17, 15) is 24.5 Å². The molecule has 0 saturated carbocycles. The number of carbonyl (C=O) groups is 1. The van der Waals surface area contributed by atoms with Crippen LogP contribution in [0.2, 0.25) is 0 Å². The molecule has 3 rings (SSSR count). The van der Waals surface area contributed by atoms with Gasteiger partial charge in [0.2, 0.25) is 0 Å². The number of carbonyl (C=O) groups excluding carboxylic acids is 1. The van der Waals surface area contributed by atoms with Gasteiger partial charge in [0.1, 0.15) is 12.4 Å². The van der Waals surface area contributed by atoms with Gasteiger partial charge in [0.05, 0.1) is 11.5 Å². The van der Waals surface area contributed by atoms with Crippen molar-refractivity contribution in [2.45, 2.75) is 20.4 Å². The lowest BCUT2D eigenvalue weighted by atomic mass is 10.1. The van der Waals surface area contributed by atoms with Gasteiger partial charge in [-0.15, -0.1) is 0 Å². The summed E-state index contributed by atoms with van der Waals surface area (Å²) in [5, 5.41) is 10.9. The van der Waals surface area contributed by atoms with Gasteiger partial charge < -0.3 is 4.90 Å². The molecule has 0 radical (unpaired) electrons. The molecule has 0 amide bonds. The largest absolute Gasteiger partial charge is 0.341 e. The third-order valence-corrected chi connectivity index (χ3v) is 5.00. The number of fused-ring (bicyclic) bond motifs is 1. The number of anilines is 2. The van der Waals surface area contributed by atoms with Crippen LogP contribution in [-0.2, 0) is 13.6 Å². The van der Waals surface area contributed by atoms with Crippen LogP contribution in [-0.4, -0.2) is 33.1 Å². The number of ketones is 1. The molecule has 1 aromatic heterocycles. The van der Waals surface area contributed by atoms with Gasteiger partial charge in [-0.3, -0.25) is 28.8 Å². The fourth-order valence-corrected chi connectivity index (χ4v) is 3.51. The maximum atomic E-state index is 13.1. The number of nitro benzene ring substituents is 1. The van der Waals surface area contributed by atoms with E-state index in [1.807, 2.05) is 19.9 Å². The average Bonchev–Trinajstić information content (AvgIpc) is 3.04. The topological polar surface area (TPSA) is 111 Å². The van der Waals surface area contributed by atoms with Crippen LogP contribution in [0.4, 0.5) is 17.2 Å². The van der Waals surface area contributed by atoms with E-state index in [1.54, 1.807) is 4.90 Å². The normalized spacial score (nSPS) is 12.7. The first-order valence-electron chi connectivity index (χ1n) is 9.05. The van der Waals surface area contributed by atoms with E-state index in [-0.39, 0.29) is 29.4 Å². The molecule has 0 fully saturated rings. The number of rotatable bonds is 6. The summed E-state index contributed by atoms with van der Waals surface area (Å²) in [4.78, 5) is 50.6. The smallest absolute Gasteiger partial charge is 0.332 e. The first kappa shape index (κ1) is 21.3. The van der Waals surface area contributed by atoms with Crippen molar-refractivity contribution in [3.8, 4) is 0 Å². The number of nitro groups is 1. The molecule has 158 valence electrons. The van der Waals surface area contributed by atoms with Crippen molar-refractivity contribution in [2.24, 2.45) is 7.05 Å². The highest BCUT2D eigenvalue weighted by Gasteiger charge is 2.32. The number of halogens is 1. The van der Waals surface area contributed by atoms with Crippen molar-refractivity contribution in [1.82, 2.24) is 9.13 Å². The Kier molecular flexibility index (Phi) is 5.79. The molecule has 0 spiro atoms. The lowest BCUT2D eigenvalue weighted by Gasteiger charge is -2.16. The Balaban J connectivity index is 2.05. The molecule has 2 aromatic rings. The predicted molar refractivity (Wildman–Crippen MR) is 113 cm³/mol. The molecular weight excluding hydrogens is 414 g/mol. The average molecular weight is 434 g/mol. The zero-order chi connectivity index (χ0) is 22.2. The fourth-order valence-electron chi connectivity index (χ4n) is 3.19. The van der Waals surface area contributed by atoms with Crippen LogP contribution < -0.4 is 20.6 Å². The van der Waals surface area contributed by atoms with E-state index >= 15 is 0 Å². The Hall–Kier alpha value is -3.40. The van der Waals surface area contributed by atoms with Gasteiger partial charge in [-0.2, -0.15) is 0 Å². The van der Waals surface area contributed by atoms with E-state index in [0.29, 0.717) is 6.54 Å². The Labute approximate surface area is 176 Å². The van der Waals surface area contributed by atoms with Gasteiger partial charge in [0.25, 0.3) is 11.2 Å². The summed E-state index contributed by atoms with van der Waals surface area (Å²) in [6.45, 7) is 3.91. The summed E-state index contributed by atoms with van der Waals surface area (Å²) in [6, 6.07) is 5.15. The summed E-state index contributed by atoms with van der Waals surface area (Å²) in [5.74, 6) is -0.331. The molecule has 0 N–H and O–H groups in total. The summed E-state index contributed by atoms with van der Waals surface area (Å²) >= 11 is 6.24. The van der Waals surface area contributed by atoms with E-state index < -0.39 is 28.5 Å². The molecule has 0 atom stereocenters. The van der Waals surface area contributed by atoms with E-state index in [0.717, 1.165) is 16.2 Å². The maximum absolute atomic E-state index is 13.1. The minimum atomic E-state index is -0.702. The molecular formula is C19H20ClN5O5. The van der Waals surface area contributed by atoms with Gasteiger partial charge in [0.15, 0.2) is 11.6 Å². The molecule has 1 aromatic carbocycles. The van der Waals surface area contributed by atoms with Crippen LogP contribution in [0.1, 0.15) is 24.2 Å². The van der Waals surface area contributed by atoms with Crippen LogP contribution in [0, 0.1) is 10.1 Å². The number of aromatic nitrogens is 2. The van der Waals surface area contributed by atoms with Crippen molar-refractivity contribution in [2.75, 3.05) is 22.5 Å². The third-order valence-electron chi connectivity index (χ3n) is 4.74. The zero-order valence-corrected chi connectivity index (χ0v) is 17.4. The number of allylic oxidation sites excluding steroid dienone is 1. The first-order valence-corrected chi connectivity index (χ1v) is 9.38. The minimum absolute atomic E-state index is 0.0408. The predicted octanol–water partition coefficient (Wildman–Crippen LogP) is 2.04. The quantitative estimate of drug-likeness (QED) is 0.225. The Morgan fingerprint density at radius 3 is 2.63 bits per heavy atom. The summed E-state index contributed by atoms with van der Waals surface area (Å²) in [5.41, 5.74) is -0.281. The molecule has 30 heavy (non-hydrogen) atoms. The van der Waals surface area contributed by atoms with Gasteiger partial charge in [-0.05, 0) is 13.8 Å². The minimum Gasteiger partial charge on any atom is -0.341 e. The lowest BCUT2D eigenvalue weighted by Crippen LogP contribution is -2.42. The zero-order valence-electron chi connectivity index (χ0n) is 16.7. The molecule has 1 aliphatic heterocycles. The second-order valence-corrected chi connectivity index (χ2v) is 7.55. The first-order chi connectivity index (χ1) is 14.1. The van der Waals surface area contributed by atoms with Crippen LogP contribution in [0.5, 0.6) is 0 Å². The number of non-ortho nitro benzene ring substituents is 1. The van der Waals surface area contributed by atoms with Gasteiger partial charge in [-0.1, -0.05) is 23.8 Å². The Morgan fingerprint density at radius 2 is 2.00 bits per heavy atom. The standard InChI is InChI=1S/C19H20ClN5O5/c1-12(2)7-8-22-11-24(20)17-16(22)18(27)23(19(28)21(17)3)10-15(26)13-5-4-6-14(9-13)25(29)30/h4-7,9H,8,10-11H2,1-3H3. The van der Waals surface area contributed by atoms with Crippen LogP contribution in [0.15, 0.2) is 45.5 Å². The van der Waals surface area contributed by atoms with E-state index in [1.165, 1.54) is 34.2 Å². The number of hydrogen-bond donors (Lipinski definition) is 0. The second kappa shape index (κ2) is 8.15. The molecule has 1 aliphatic rings. The van der Waals surface area contributed by atoms with Crippen LogP contribution in [0.25, 0.3) is 0 Å². The van der Waals surface area contributed by atoms with Gasteiger partial charge >= 0.3 is 5.69 Å². The third kappa shape index (κ3) is 3.86. The molecule has 11 heteroatoms.